The minimum absolute atomic E-state index is 0.169. The van der Waals surface area contributed by atoms with Crippen molar-refractivity contribution in [2.45, 2.75) is 44.0 Å². The third-order valence-electron chi connectivity index (χ3n) is 6.25. The quantitative estimate of drug-likeness (QED) is 0.322. The number of ether oxygens (including phenoxy) is 2. The van der Waals surface area contributed by atoms with Gasteiger partial charge in [0.05, 0.1) is 18.8 Å². The van der Waals surface area contributed by atoms with Crippen LogP contribution in [0.5, 0.6) is 0 Å². The Bertz CT molecular complexity index is 1000. The van der Waals surface area contributed by atoms with Crippen LogP contribution in [-0.2, 0) is 29.1 Å². The molecule has 0 unspecified atom stereocenters. The molecule has 1 saturated heterocycles. The summed E-state index contributed by atoms with van der Waals surface area (Å²) in [4.78, 5) is 1.80. The van der Waals surface area contributed by atoms with E-state index in [0.717, 1.165) is 27.9 Å². The fourth-order valence-electron chi connectivity index (χ4n) is 4.41. The van der Waals surface area contributed by atoms with Crippen LogP contribution in [-0.4, -0.2) is 76.0 Å². The van der Waals surface area contributed by atoms with Gasteiger partial charge in [-0.25, -0.2) is 0 Å². The lowest BCUT2D eigenvalue weighted by molar-refractivity contribution is -0.147. The molecular formula is C25H33N3O6. The third-order valence-corrected chi connectivity index (χ3v) is 6.25. The maximum absolute atomic E-state index is 10.2. The highest BCUT2D eigenvalue weighted by atomic mass is 16.6. The van der Waals surface area contributed by atoms with Gasteiger partial charge in [0, 0.05) is 37.4 Å². The molecule has 0 saturated carbocycles. The van der Waals surface area contributed by atoms with Crippen LogP contribution < -0.4 is 11.1 Å². The standard InChI is InChI=1S/C25H33N3O6/c26-10-18-7-19(23-15-33-4-5-34-23)9-20(8-18)27-11-16-2-1-3-17(6-16)12-28-13-22(30)25(32)24(31)21(28)14-29/h1-3,6-9,15,21-22,24-25,27,29-32H,4-5,10-14,26H2/t21-,22+,24-,25-/m1/s1. The predicted octanol–water partition coefficient (Wildman–Crippen LogP) is 0.362. The van der Waals surface area contributed by atoms with Crippen molar-refractivity contribution in [3.63, 3.8) is 0 Å². The maximum atomic E-state index is 10.2. The molecule has 0 amide bonds. The summed E-state index contributed by atoms with van der Waals surface area (Å²) in [6.07, 6.45) is -1.92. The highest BCUT2D eigenvalue weighted by Crippen LogP contribution is 2.25. The minimum Gasteiger partial charge on any atom is -0.494 e. The molecule has 1 fully saturated rings. The first-order chi connectivity index (χ1) is 16.5. The number of likely N-dealkylation sites (tertiary alicyclic amines) is 1. The Balaban J connectivity index is 1.44. The Labute approximate surface area is 199 Å². The van der Waals surface area contributed by atoms with E-state index in [0.29, 0.717) is 38.6 Å². The molecule has 2 heterocycles. The highest BCUT2D eigenvalue weighted by Gasteiger charge is 2.40. The van der Waals surface area contributed by atoms with Crippen LogP contribution in [0.1, 0.15) is 22.3 Å². The summed E-state index contributed by atoms with van der Waals surface area (Å²) in [6, 6.07) is 13.3. The fraction of sp³-hybridized carbons (Fsp3) is 0.440. The SMILES string of the molecule is NCc1cc(NCc2cccc(CN3C[C@H](O)[C@@H](O)[C@H](O)[C@H]3CO)c2)cc(C2=COCCO2)c1. The molecule has 2 aliphatic rings. The number of hydrogen-bond donors (Lipinski definition) is 6. The second-order valence-corrected chi connectivity index (χ2v) is 8.73. The first kappa shape index (κ1) is 24.5. The summed E-state index contributed by atoms with van der Waals surface area (Å²) in [7, 11) is 0. The molecule has 2 aromatic carbocycles. The first-order valence-electron chi connectivity index (χ1n) is 11.5. The number of nitrogens with zero attached hydrogens (tertiary/aromatic N) is 1. The van der Waals surface area contributed by atoms with Gasteiger partial charge in [0.2, 0.25) is 0 Å². The fourth-order valence-corrected chi connectivity index (χ4v) is 4.41. The number of β-amino-alcohol motifs (C(OH)–C–C–N with tert-alkyl or cyclic N) is 1. The van der Waals surface area contributed by atoms with E-state index in [-0.39, 0.29) is 13.2 Å². The van der Waals surface area contributed by atoms with Crippen LogP contribution in [0.3, 0.4) is 0 Å². The summed E-state index contributed by atoms with van der Waals surface area (Å²) < 4.78 is 11.1. The second-order valence-electron chi connectivity index (χ2n) is 8.73. The topological polar surface area (TPSA) is 141 Å². The van der Waals surface area contributed by atoms with Gasteiger partial charge in [-0.1, -0.05) is 24.3 Å². The van der Waals surface area contributed by atoms with Crippen molar-refractivity contribution in [1.29, 1.82) is 0 Å². The van der Waals surface area contributed by atoms with Gasteiger partial charge in [-0.05, 0) is 34.9 Å². The van der Waals surface area contributed by atoms with Gasteiger partial charge in [0.1, 0.15) is 31.7 Å². The van der Waals surface area contributed by atoms with Gasteiger partial charge in [-0.2, -0.15) is 0 Å². The maximum Gasteiger partial charge on any atom is 0.161 e. The van der Waals surface area contributed by atoms with Crippen molar-refractivity contribution in [3.05, 3.63) is 71.0 Å². The molecule has 9 nitrogen and oxygen atoms in total. The molecule has 4 rings (SSSR count). The van der Waals surface area contributed by atoms with E-state index in [1.54, 1.807) is 11.2 Å². The van der Waals surface area contributed by atoms with Gasteiger partial charge in [0.15, 0.2) is 5.76 Å². The van der Waals surface area contributed by atoms with Crippen LogP contribution in [0, 0.1) is 0 Å². The van der Waals surface area contributed by atoms with Crippen molar-refractivity contribution < 1.29 is 29.9 Å². The molecule has 0 aliphatic carbocycles. The van der Waals surface area contributed by atoms with E-state index in [4.69, 9.17) is 15.2 Å². The lowest BCUT2D eigenvalue weighted by atomic mass is 9.93. The van der Waals surface area contributed by atoms with Crippen molar-refractivity contribution >= 4 is 11.4 Å². The number of benzene rings is 2. The molecule has 2 aromatic rings. The predicted molar refractivity (Wildman–Crippen MR) is 127 cm³/mol. The normalized spacial score (nSPS) is 25.3. The number of nitrogens with two attached hydrogens (primary N) is 1. The summed E-state index contributed by atoms with van der Waals surface area (Å²) in [5.74, 6) is 0.682. The van der Waals surface area contributed by atoms with Crippen molar-refractivity contribution in [2.24, 2.45) is 5.73 Å². The number of anilines is 1. The van der Waals surface area contributed by atoms with Crippen LogP contribution in [0.15, 0.2) is 48.7 Å². The summed E-state index contributed by atoms with van der Waals surface area (Å²) in [5.41, 5.74) is 10.7. The Kier molecular flexibility index (Phi) is 8.04. The number of aliphatic hydroxyl groups excluding tert-OH is 4. The molecule has 184 valence electrons. The van der Waals surface area contributed by atoms with E-state index in [9.17, 15) is 20.4 Å². The van der Waals surface area contributed by atoms with Crippen LogP contribution in [0.25, 0.3) is 5.76 Å². The Morgan fingerprint density at radius 2 is 1.82 bits per heavy atom. The number of hydrogen-bond acceptors (Lipinski definition) is 9. The molecule has 0 spiro atoms. The number of nitrogens with one attached hydrogen (secondary N) is 1. The van der Waals surface area contributed by atoms with Gasteiger partial charge >= 0.3 is 0 Å². The molecular weight excluding hydrogens is 438 g/mol. The van der Waals surface area contributed by atoms with E-state index in [2.05, 4.69) is 5.32 Å². The molecule has 0 aromatic heterocycles. The van der Waals surface area contributed by atoms with Gasteiger partial charge < -0.3 is 41.0 Å². The summed E-state index contributed by atoms with van der Waals surface area (Å²) in [6.45, 7) is 2.31. The van der Waals surface area contributed by atoms with Crippen molar-refractivity contribution in [3.8, 4) is 0 Å². The molecule has 0 radical (unpaired) electrons. The van der Waals surface area contributed by atoms with Crippen LogP contribution in [0.4, 0.5) is 5.69 Å². The van der Waals surface area contributed by atoms with E-state index >= 15 is 0 Å². The van der Waals surface area contributed by atoms with Crippen LogP contribution in [0.2, 0.25) is 0 Å². The monoisotopic (exact) mass is 471 g/mol. The third kappa shape index (κ3) is 5.69. The molecule has 9 heteroatoms. The molecule has 0 bridgehead atoms. The van der Waals surface area contributed by atoms with Crippen LogP contribution >= 0.6 is 0 Å². The Hall–Kier alpha value is -2.66. The molecule has 34 heavy (non-hydrogen) atoms. The van der Waals surface area contributed by atoms with E-state index in [1.165, 1.54) is 0 Å². The van der Waals surface area contributed by atoms with E-state index < -0.39 is 24.4 Å². The first-order valence-corrected chi connectivity index (χ1v) is 11.5. The summed E-state index contributed by atoms with van der Waals surface area (Å²) in [5, 5.41) is 43.4. The van der Waals surface area contributed by atoms with Gasteiger partial charge in [0.25, 0.3) is 0 Å². The second kappa shape index (κ2) is 11.2. The van der Waals surface area contributed by atoms with Crippen molar-refractivity contribution in [1.82, 2.24) is 4.90 Å². The average molecular weight is 472 g/mol. The number of piperidine rings is 1. The molecule has 7 N–H and O–H groups in total. The van der Waals surface area contributed by atoms with E-state index in [1.807, 2.05) is 42.5 Å². The van der Waals surface area contributed by atoms with Gasteiger partial charge in [-0.15, -0.1) is 0 Å². The molecule has 4 atom stereocenters. The lowest BCUT2D eigenvalue weighted by Crippen LogP contribution is -2.62. The number of aliphatic hydroxyl groups is 4. The zero-order valence-corrected chi connectivity index (χ0v) is 19.0. The zero-order valence-electron chi connectivity index (χ0n) is 19.0. The van der Waals surface area contributed by atoms with Gasteiger partial charge in [-0.3, -0.25) is 4.90 Å². The molecule has 2 aliphatic heterocycles. The van der Waals surface area contributed by atoms with Crippen molar-refractivity contribution in [2.75, 3.05) is 31.7 Å². The summed E-state index contributed by atoms with van der Waals surface area (Å²) >= 11 is 0. The lowest BCUT2D eigenvalue weighted by Gasteiger charge is -2.43. The Morgan fingerprint density at radius 1 is 1.00 bits per heavy atom. The highest BCUT2D eigenvalue weighted by molar-refractivity contribution is 5.65. The number of rotatable bonds is 8. The zero-order chi connectivity index (χ0) is 24.1. The smallest absolute Gasteiger partial charge is 0.161 e. The average Bonchev–Trinajstić information content (AvgIpc) is 2.87. The Morgan fingerprint density at radius 3 is 2.56 bits per heavy atom. The largest absolute Gasteiger partial charge is 0.494 e. The minimum atomic E-state index is -1.26.